The maximum absolute atomic E-state index is 12.8. The Kier molecular flexibility index (Phi) is 7.67. The van der Waals surface area contributed by atoms with Crippen LogP contribution in [0.2, 0.25) is 0 Å². The largest absolute Gasteiger partial charge is 0.301 e. The van der Waals surface area contributed by atoms with Crippen LogP contribution in [0.3, 0.4) is 0 Å². The number of azo groups is 2. The summed E-state index contributed by atoms with van der Waals surface area (Å²) in [6.07, 6.45) is 0. The Morgan fingerprint density at radius 2 is 1.11 bits per heavy atom. The average molecular weight is 653 g/mol. The van der Waals surface area contributed by atoms with Crippen molar-refractivity contribution >= 4 is 69.6 Å². The first-order valence-electron chi connectivity index (χ1n) is 12.2. The molecule has 238 valence electrons. The van der Waals surface area contributed by atoms with Crippen molar-refractivity contribution in [3.05, 3.63) is 76.9 Å². The second-order valence-corrected chi connectivity index (χ2v) is 8.87. The number of nitro groups is 4. The number of hydrazine groups is 2. The van der Waals surface area contributed by atoms with Gasteiger partial charge in [0.25, 0.3) is 46.9 Å². The maximum Gasteiger partial charge on any atom is 0.301 e. The van der Waals surface area contributed by atoms with Crippen molar-refractivity contribution < 1.29 is 38.9 Å². The van der Waals surface area contributed by atoms with E-state index in [-0.39, 0.29) is 0 Å². The molecule has 1 aromatic heterocycles. The fraction of sp³-hybridized carbons (Fsp3) is 0.100. The number of nitrogens with one attached hydrogen (secondary N) is 3. The average Bonchev–Trinajstić information content (AvgIpc) is 3.68. The van der Waals surface area contributed by atoms with E-state index >= 15 is 0 Å². The van der Waals surface area contributed by atoms with E-state index in [1.54, 1.807) is 0 Å². The van der Waals surface area contributed by atoms with E-state index in [1.165, 1.54) is 0 Å². The van der Waals surface area contributed by atoms with Crippen LogP contribution in [0.15, 0.2) is 56.9 Å². The van der Waals surface area contributed by atoms with Gasteiger partial charge in [0.2, 0.25) is 12.1 Å². The topological polar surface area (TPSA) is 362 Å². The number of amides is 4. The first-order valence-corrected chi connectivity index (χ1v) is 12.2. The highest BCUT2D eigenvalue weighted by Crippen LogP contribution is 2.34. The minimum absolute atomic E-state index is 0.462. The number of hydrogen-bond acceptors (Lipinski definition) is 18. The molecule has 3 heterocycles. The number of non-ortho nitro benzene ring substituents is 2. The zero-order valence-corrected chi connectivity index (χ0v) is 22.4. The van der Waals surface area contributed by atoms with Gasteiger partial charge in [-0.2, -0.15) is 15.2 Å². The summed E-state index contributed by atoms with van der Waals surface area (Å²) in [5, 5.41) is 65.6. The summed E-state index contributed by atoms with van der Waals surface area (Å²) < 4.78 is 0. The van der Waals surface area contributed by atoms with Gasteiger partial charge in [0, 0.05) is 12.1 Å². The Bertz CT molecular complexity index is 1850. The third kappa shape index (κ3) is 5.78. The molecule has 47 heavy (non-hydrogen) atoms. The number of aromatic nitrogens is 3. The number of benzene rings is 2. The van der Waals surface area contributed by atoms with Crippen molar-refractivity contribution in [1.82, 2.24) is 26.0 Å². The van der Waals surface area contributed by atoms with Gasteiger partial charge in [-0.15, -0.1) is 15.3 Å². The summed E-state index contributed by atoms with van der Waals surface area (Å²) >= 11 is 0. The zero-order valence-electron chi connectivity index (χ0n) is 22.4. The Labute approximate surface area is 254 Å². The second kappa shape index (κ2) is 11.7. The fourth-order valence-electron chi connectivity index (χ4n) is 3.96. The van der Waals surface area contributed by atoms with E-state index in [4.69, 9.17) is 0 Å². The van der Waals surface area contributed by atoms with Crippen LogP contribution in [-0.4, -0.2) is 70.6 Å². The summed E-state index contributed by atoms with van der Waals surface area (Å²) in [5.41, 5.74) is 0.0860. The third-order valence-electron chi connectivity index (χ3n) is 6.06. The van der Waals surface area contributed by atoms with Gasteiger partial charge in [0.15, 0.2) is 0 Å². The van der Waals surface area contributed by atoms with Gasteiger partial charge in [0.1, 0.15) is 11.4 Å². The van der Waals surface area contributed by atoms with Crippen LogP contribution >= 0.6 is 0 Å². The molecule has 2 fully saturated rings. The van der Waals surface area contributed by atoms with Gasteiger partial charge < -0.3 is 0 Å². The smallest absolute Gasteiger partial charge is 0.270 e. The first-order chi connectivity index (χ1) is 22.3. The standard InChI is InChI=1S/C20H11N15O12/c36-15-13(17(38)30(28-15)9-3-1-7(32(40)41)5-11(9)34(44)45)22-24-19-21-20(27-26-19)25-23-14-16(37)29-31(18(14)39)10-4-2-8(33(42)43)6-12(10)35(46)47/h1-6,13-14H,(H,28,36)(H,29,37)(H,21,26,27). The number of rotatable bonds is 10. The molecule has 0 aliphatic carbocycles. The molecule has 4 amide bonds. The molecule has 2 atom stereocenters. The van der Waals surface area contributed by atoms with E-state index < -0.39 is 101 Å². The highest BCUT2D eigenvalue weighted by Gasteiger charge is 2.44. The molecule has 0 radical (unpaired) electrons. The predicted molar refractivity (Wildman–Crippen MR) is 144 cm³/mol. The van der Waals surface area contributed by atoms with E-state index in [9.17, 15) is 59.6 Å². The molecule has 2 saturated heterocycles. The lowest BCUT2D eigenvalue weighted by Gasteiger charge is -2.14. The van der Waals surface area contributed by atoms with Gasteiger partial charge in [-0.3, -0.25) is 70.5 Å². The van der Waals surface area contributed by atoms with Crippen LogP contribution in [0.5, 0.6) is 0 Å². The molecule has 2 aromatic carbocycles. The maximum atomic E-state index is 12.8. The monoisotopic (exact) mass is 653 g/mol. The summed E-state index contributed by atoms with van der Waals surface area (Å²) in [6, 6.07) is 0.922. The molecule has 27 heteroatoms. The SMILES string of the molecule is O=C1NN(c2ccc([N+](=O)[O-])cc2[N+](=O)[O-])C(=O)C1N=Nc1n[nH]c(N=NC2C(=O)NN(c3ccc([N+](=O)[O-])cc3[N+](=O)[O-])C2=O)n1. The van der Waals surface area contributed by atoms with E-state index in [1.807, 2.05) is 10.9 Å². The summed E-state index contributed by atoms with van der Waals surface area (Å²) in [5.74, 6) is -5.44. The molecule has 2 aliphatic heterocycles. The molecule has 0 saturated carbocycles. The van der Waals surface area contributed by atoms with Crippen LogP contribution < -0.4 is 20.9 Å². The minimum Gasteiger partial charge on any atom is -0.270 e. The van der Waals surface area contributed by atoms with E-state index in [0.29, 0.717) is 22.2 Å². The number of hydrogen-bond donors (Lipinski definition) is 3. The highest BCUT2D eigenvalue weighted by atomic mass is 16.6. The number of nitro benzene ring substituents is 4. The number of nitrogens with zero attached hydrogens (tertiary/aromatic N) is 12. The van der Waals surface area contributed by atoms with Crippen LogP contribution in [0.25, 0.3) is 0 Å². The van der Waals surface area contributed by atoms with Crippen LogP contribution in [0, 0.1) is 40.5 Å². The lowest BCUT2D eigenvalue weighted by Crippen LogP contribution is -2.36. The number of carbonyl (C=O) groups excluding carboxylic acids is 4. The molecule has 2 aliphatic rings. The van der Waals surface area contributed by atoms with Crippen molar-refractivity contribution in [1.29, 1.82) is 0 Å². The first kappa shape index (κ1) is 30.7. The number of H-pyrrole nitrogens is 1. The molecule has 0 spiro atoms. The molecule has 0 bridgehead atoms. The van der Waals surface area contributed by atoms with Crippen LogP contribution in [0.1, 0.15) is 0 Å². The normalized spacial score (nSPS) is 17.9. The Morgan fingerprint density at radius 3 is 1.53 bits per heavy atom. The summed E-state index contributed by atoms with van der Waals surface area (Å²) in [7, 11) is 0. The van der Waals surface area contributed by atoms with Gasteiger partial charge in [-0.05, 0) is 12.1 Å². The molecule has 27 nitrogen and oxygen atoms in total. The predicted octanol–water partition coefficient (Wildman–Crippen LogP) is 0.498. The van der Waals surface area contributed by atoms with Crippen molar-refractivity contribution in [2.24, 2.45) is 20.5 Å². The minimum atomic E-state index is -1.89. The lowest BCUT2D eigenvalue weighted by atomic mass is 10.2. The number of anilines is 2. The summed E-state index contributed by atoms with van der Waals surface area (Å²) in [6.45, 7) is 0. The molecular weight excluding hydrogens is 642 g/mol. The van der Waals surface area contributed by atoms with Crippen molar-refractivity contribution in [3.63, 3.8) is 0 Å². The number of aromatic amines is 1. The Hall–Kier alpha value is -7.74. The van der Waals surface area contributed by atoms with Crippen LogP contribution in [-0.2, 0) is 19.2 Å². The van der Waals surface area contributed by atoms with Gasteiger partial charge in [-0.1, -0.05) is 0 Å². The third-order valence-corrected chi connectivity index (χ3v) is 6.06. The second-order valence-electron chi connectivity index (χ2n) is 8.87. The van der Waals surface area contributed by atoms with Crippen LogP contribution in [0.4, 0.5) is 46.0 Å². The van der Waals surface area contributed by atoms with E-state index in [0.717, 1.165) is 24.3 Å². The highest BCUT2D eigenvalue weighted by molar-refractivity contribution is 6.19. The molecule has 3 aromatic rings. The Balaban J connectivity index is 1.29. The Morgan fingerprint density at radius 1 is 0.660 bits per heavy atom. The van der Waals surface area contributed by atoms with Gasteiger partial charge in [-0.25, -0.2) is 15.1 Å². The molecule has 3 N–H and O–H groups in total. The van der Waals surface area contributed by atoms with Gasteiger partial charge in [0.05, 0.1) is 31.8 Å². The molecule has 2 unspecified atom stereocenters. The lowest BCUT2D eigenvalue weighted by molar-refractivity contribution is -0.394. The fourth-order valence-corrected chi connectivity index (χ4v) is 3.96. The van der Waals surface area contributed by atoms with Crippen molar-refractivity contribution in [2.75, 3.05) is 10.0 Å². The summed E-state index contributed by atoms with van der Waals surface area (Å²) in [4.78, 5) is 95.0. The molecular formula is C20H11N15O12. The quantitative estimate of drug-likeness (QED) is 0.116. The zero-order chi connectivity index (χ0) is 34.2. The van der Waals surface area contributed by atoms with E-state index in [2.05, 4.69) is 35.6 Å². The molecule has 5 rings (SSSR count). The van der Waals surface area contributed by atoms with Crippen molar-refractivity contribution in [3.8, 4) is 0 Å². The number of carbonyl (C=O) groups is 4. The van der Waals surface area contributed by atoms with Gasteiger partial charge >= 0.3 is 11.4 Å². The van der Waals surface area contributed by atoms with Crippen molar-refractivity contribution in [2.45, 2.75) is 12.1 Å².